The highest BCUT2D eigenvalue weighted by Gasteiger charge is 1.91. The van der Waals surface area contributed by atoms with E-state index < -0.39 is 0 Å². The Hall–Kier alpha value is -1.01. The van der Waals surface area contributed by atoms with Crippen LogP contribution in [-0.4, -0.2) is 20.6 Å². The van der Waals surface area contributed by atoms with Crippen LogP contribution >= 0.6 is 11.6 Å². The predicted molar refractivity (Wildman–Crippen MR) is 47.8 cm³/mol. The summed E-state index contributed by atoms with van der Waals surface area (Å²) in [4.78, 5) is 0. The van der Waals surface area contributed by atoms with Gasteiger partial charge in [0, 0.05) is 19.3 Å². The van der Waals surface area contributed by atoms with Crippen molar-refractivity contribution in [3.8, 4) is 11.8 Å². The molecule has 0 radical (unpaired) electrons. The Morgan fingerprint density at radius 1 is 1.67 bits per heavy atom. The Bertz CT molecular complexity index is 295. The van der Waals surface area contributed by atoms with Gasteiger partial charge in [0.2, 0.25) is 5.82 Å². The molecule has 0 aliphatic heterocycles. The van der Waals surface area contributed by atoms with E-state index in [0.29, 0.717) is 11.7 Å². The molecule has 0 fully saturated rings. The molecule has 1 rings (SSSR count). The van der Waals surface area contributed by atoms with E-state index in [9.17, 15) is 0 Å². The van der Waals surface area contributed by atoms with E-state index in [1.165, 1.54) is 0 Å². The van der Waals surface area contributed by atoms with Gasteiger partial charge in [0.1, 0.15) is 6.33 Å². The monoisotopic (exact) mass is 183 g/mol. The molecular formula is C8H10ClN3. The van der Waals surface area contributed by atoms with Gasteiger partial charge in [-0.3, -0.25) is 0 Å². The van der Waals surface area contributed by atoms with Gasteiger partial charge in [-0.1, -0.05) is 5.92 Å². The van der Waals surface area contributed by atoms with Gasteiger partial charge in [0.15, 0.2) is 0 Å². The number of hydrogen-bond donors (Lipinski definition) is 0. The second-order valence-corrected chi connectivity index (χ2v) is 2.74. The molecule has 3 nitrogen and oxygen atoms in total. The quantitative estimate of drug-likeness (QED) is 0.392. The zero-order valence-corrected chi connectivity index (χ0v) is 7.67. The van der Waals surface area contributed by atoms with Gasteiger partial charge in [-0.2, -0.15) is 0 Å². The molecule has 1 aromatic heterocycles. The number of aryl methyl sites for hydroxylation is 1. The molecular weight excluding hydrogens is 174 g/mol. The summed E-state index contributed by atoms with van der Waals surface area (Å²) in [7, 11) is 1.87. The van der Waals surface area contributed by atoms with Gasteiger partial charge in [-0.15, -0.1) is 21.8 Å². The number of hydrogen-bond acceptors (Lipinski definition) is 2. The Morgan fingerprint density at radius 2 is 2.50 bits per heavy atom. The second-order valence-electron chi connectivity index (χ2n) is 2.36. The average molecular weight is 184 g/mol. The fourth-order valence-electron chi connectivity index (χ4n) is 0.693. The molecule has 0 saturated heterocycles. The predicted octanol–water partition coefficient (Wildman–Crippen LogP) is 1.19. The molecule has 12 heavy (non-hydrogen) atoms. The van der Waals surface area contributed by atoms with Gasteiger partial charge >= 0.3 is 0 Å². The third-order valence-electron chi connectivity index (χ3n) is 1.35. The molecule has 0 aromatic carbocycles. The average Bonchev–Trinajstić information content (AvgIpc) is 2.46. The van der Waals surface area contributed by atoms with Crippen molar-refractivity contribution in [2.45, 2.75) is 12.8 Å². The van der Waals surface area contributed by atoms with Gasteiger partial charge in [-0.05, 0) is 12.3 Å². The van der Waals surface area contributed by atoms with Gasteiger partial charge in [0.05, 0.1) is 0 Å². The van der Waals surface area contributed by atoms with E-state index in [1.807, 2.05) is 7.05 Å². The lowest BCUT2D eigenvalue weighted by Crippen LogP contribution is -1.90. The summed E-state index contributed by atoms with van der Waals surface area (Å²) in [5.74, 6) is 7.24. The first-order valence-corrected chi connectivity index (χ1v) is 4.27. The lowest BCUT2D eigenvalue weighted by Gasteiger charge is -1.87. The normalized spacial score (nSPS) is 9.17. The summed E-state index contributed by atoms with van der Waals surface area (Å²) in [5, 5.41) is 7.52. The van der Waals surface area contributed by atoms with Crippen LogP contribution in [0.4, 0.5) is 0 Å². The first-order valence-electron chi connectivity index (χ1n) is 3.73. The lowest BCUT2D eigenvalue weighted by atomic mass is 10.3. The van der Waals surface area contributed by atoms with E-state index in [0.717, 1.165) is 12.8 Å². The molecule has 0 N–H and O–H groups in total. The number of unbranched alkanes of at least 4 members (excludes halogenated alkanes) is 1. The van der Waals surface area contributed by atoms with Crippen LogP contribution in [0.5, 0.6) is 0 Å². The zero-order valence-electron chi connectivity index (χ0n) is 6.92. The van der Waals surface area contributed by atoms with Crippen molar-refractivity contribution in [2.24, 2.45) is 7.05 Å². The van der Waals surface area contributed by atoms with Crippen molar-refractivity contribution in [3.63, 3.8) is 0 Å². The lowest BCUT2D eigenvalue weighted by molar-refractivity contribution is 0.891. The molecule has 64 valence electrons. The zero-order chi connectivity index (χ0) is 8.81. The SMILES string of the molecule is Cn1cnnc1C#CCCCCl. The van der Waals surface area contributed by atoms with Crippen LogP contribution in [0.25, 0.3) is 0 Å². The Morgan fingerprint density at radius 3 is 3.08 bits per heavy atom. The molecule has 1 heterocycles. The van der Waals surface area contributed by atoms with Crippen molar-refractivity contribution in [1.29, 1.82) is 0 Å². The molecule has 0 unspecified atom stereocenters. The van der Waals surface area contributed by atoms with Crippen molar-refractivity contribution < 1.29 is 0 Å². The standard InChI is InChI=1S/C8H10ClN3/c1-12-7-10-11-8(12)5-3-2-4-6-9/h7H,2,4,6H2,1H3. The maximum Gasteiger partial charge on any atom is 0.207 e. The van der Waals surface area contributed by atoms with E-state index in [4.69, 9.17) is 11.6 Å². The maximum atomic E-state index is 5.49. The molecule has 0 saturated carbocycles. The van der Waals surface area contributed by atoms with Crippen LogP contribution in [0.1, 0.15) is 18.7 Å². The minimum absolute atomic E-state index is 0.660. The molecule has 0 aliphatic rings. The molecule has 4 heteroatoms. The number of aromatic nitrogens is 3. The summed E-state index contributed by atoms with van der Waals surface area (Å²) in [6.07, 6.45) is 3.37. The fourth-order valence-corrected chi connectivity index (χ4v) is 0.827. The van der Waals surface area contributed by atoms with E-state index in [2.05, 4.69) is 22.0 Å². The number of rotatable bonds is 2. The van der Waals surface area contributed by atoms with Crippen LogP contribution in [0.2, 0.25) is 0 Å². The number of alkyl halides is 1. The number of nitrogens with zero attached hydrogens (tertiary/aromatic N) is 3. The summed E-state index contributed by atoms with van der Waals surface area (Å²) in [6, 6.07) is 0. The number of halogens is 1. The van der Waals surface area contributed by atoms with Crippen molar-refractivity contribution in [2.75, 3.05) is 5.88 Å². The molecule has 0 spiro atoms. The van der Waals surface area contributed by atoms with Gasteiger partial charge < -0.3 is 4.57 Å². The first kappa shape index (κ1) is 9.08. The van der Waals surface area contributed by atoms with Crippen LogP contribution in [0, 0.1) is 11.8 Å². The van der Waals surface area contributed by atoms with Gasteiger partial charge in [-0.25, -0.2) is 0 Å². The molecule has 0 aliphatic carbocycles. The highest BCUT2D eigenvalue weighted by Crippen LogP contribution is 1.91. The third kappa shape index (κ3) is 2.55. The largest absolute Gasteiger partial charge is 0.310 e. The topological polar surface area (TPSA) is 30.7 Å². The van der Waals surface area contributed by atoms with E-state index in [-0.39, 0.29) is 0 Å². The molecule has 0 amide bonds. The molecule has 0 bridgehead atoms. The van der Waals surface area contributed by atoms with Crippen molar-refractivity contribution in [1.82, 2.24) is 14.8 Å². The van der Waals surface area contributed by atoms with Crippen LogP contribution in [0.15, 0.2) is 6.33 Å². The van der Waals surface area contributed by atoms with Crippen LogP contribution in [0.3, 0.4) is 0 Å². The summed E-state index contributed by atoms with van der Waals surface area (Å²) in [5.41, 5.74) is 0. The van der Waals surface area contributed by atoms with Crippen molar-refractivity contribution >= 4 is 11.6 Å². The third-order valence-corrected chi connectivity index (χ3v) is 1.61. The minimum atomic E-state index is 0.660. The second kappa shape index (κ2) is 4.78. The first-order chi connectivity index (χ1) is 5.84. The van der Waals surface area contributed by atoms with E-state index >= 15 is 0 Å². The maximum absolute atomic E-state index is 5.49. The van der Waals surface area contributed by atoms with E-state index in [1.54, 1.807) is 10.9 Å². The van der Waals surface area contributed by atoms with Crippen molar-refractivity contribution in [3.05, 3.63) is 12.2 Å². The summed E-state index contributed by atoms with van der Waals surface area (Å²) >= 11 is 5.49. The minimum Gasteiger partial charge on any atom is -0.310 e. The van der Waals surface area contributed by atoms with Crippen LogP contribution < -0.4 is 0 Å². The van der Waals surface area contributed by atoms with Gasteiger partial charge in [0.25, 0.3) is 0 Å². The Labute approximate surface area is 76.8 Å². The Balaban J connectivity index is 2.49. The highest BCUT2D eigenvalue weighted by molar-refractivity contribution is 6.17. The smallest absolute Gasteiger partial charge is 0.207 e. The van der Waals surface area contributed by atoms with Crippen LogP contribution in [-0.2, 0) is 7.05 Å². The molecule has 1 aromatic rings. The fraction of sp³-hybridized carbons (Fsp3) is 0.500. The highest BCUT2D eigenvalue weighted by atomic mass is 35.5. The summed E-state index contributed by atoms with van der Waals surface area (Å²) < 4.78 is 1.79. The summed E-state index contributed by atoms with van der Waals surface area (Å²) in [6.45, 7) is 0. The Kier molecular flexibility index (Phi) is 3.62. The molecule has 0 atom stereocenters.